The van der Waals surface area contributed by atoms with Gasteiger partial charge >= 0.3 is 29.6 Å². The summed E-state index contributed by atoms with van der Waals surface area (Å²) in [6.07, 6.45) is 5.94. The molecule has 4 nitrogen and oxygen atoms in total. The number of aliphatic carboxylic acids is 1. The predicted octanol–water partition coefficient (Wildman–Crippen LogP) is 1.91. The number of anilines is 1. The van der Waals surface area contributed by atoms with E-state index in [-0.39, 0.29) is 41.4 Å². The second-order valence-corrected chi connectivity index (χ2v) is 10.3. The standard InChI is InChI=1S/C24H28N2O2S2.Na/c1-18-10-11-20(30-18)16-26(15-12-22(27)28)23-25-21(17-29-23)24(13-6-3-7-14-24)19-8-4-2-5-9-19;/h2,4-5,8-11,17H,3,6-7,12-16H2,1H3,(H,27,28);/q;+1/p-1. The Morgan fingerprint density at radius 3 is 2.52 bits per heavy atom. The number of carboxylic acid groups (broad SMARTS) is 1. The number of carbonyl (C=O) groups excluding carboxylic acids is 1. The van der Waals surface area contributed by atoms with Gasteiger partial charge < -0.3 is 14.8 Å². The van der Waals surface area contributed by atoms with Crippen LogP contribution in [-0.2, 0) is 16.8 Å². The monoisotopic (exact) mass is 462 g/mol. The molecular weight excluding hydrogens is 435 g/mol. The Kier molecular flexibility index (Phi) is 8.76. The van der Waals surface area contributed by atoms with Gasteiger partial charge in [-0.05, 0) is 37.5 Å². The number of nitrogens with zero attached hydrogens (tertiary/aromatic N) is 2. The third kappa shape index (κ3) is 5.79. The van der Waals surface area contributed by atoms with Crippen LogP contribution in [0.25, 0.3) is 0 Å². The van der Waals surface area contributed by atoms with Gasteiger partial charge in [0, 0.05) is 39.5 Å². The van der Waals surface area contributed by atoms with Crippen molar-refractivity contribution < 1.29 is 39.5 Å². The van der Waals surface area contributed by atoms with Crippen LogP contribution in [0.1, 0.15) is 59.5 Å². The zero-order valence-electron chi connectivity index (χ0n) is 18.3. The molecule has 0 unspecified atom stereocenters. The van der Waals surface area contributed by atoms with Crippen molar-refractivity contribution in [2.75, 3.05) is 11.4 Å². The van der Waals surface area contributed by atoms with E-state index in [2.05, 4.69) is 59.7 Å². The number of carbonyl (C=O) groups is 1. The Bertz CT molecular complexity index is 980. The Morgan fingerprint density at radius 1 is 1.13 bits per heavy atom. The summed E-state index contributed by atoms with van der Waals surface area (Å²) in [6.45, 7) is 3.18. The zero-order valence-corrected chi connectivity index (χ0v) is 21.9. The maximum Gasteiger partial charge on any atom is 1.00 e. The molecule has 0 aliphatic heterocycles. The third-order valence-corrected chi connectivity index (χ3v) is 7.90. The van der Waals surface area contributed by atoms with Crippen LogP contribution in [0.4, 0.5) is 5.13 Å². The largest absolute Gasteiger partial charge is 1.00 e. The number of thiazole rings is 1. The Hall–Kier alpha value is -1.18. The van der Waals surface area contributed by atoms with Crippen molar-refractivity contribution >= 4 is 33.8 Å². The van der Waals surface area contributed by atoms with E-state index in [1.807, 2.05) is 0 Å². The number of carboxylic acids is 1. The smallest absolute Gasteiger partial charge is 0.550 e. The van der Waals surface area contributed by atoms with Gasteiger partial charge in [0.05, 0.1) is 12.2 Å². The molecule has 7 heteroatoms. The quantitative estimate of drug-likeness (QED) is 0.480. The first-order valence-electron chi connectivity index (χ1n) is 10.6. The van der Waals surface area contributed by atoms with Gasteiger partial charge in [-0.3, -0.25) is 0 Å². The molecule has 1 aliphatic carbocycles. The van der Waals surface area contributed by atoms with Crippen molar-refractivity contribution in [3.05, 3.63) is 68.9 Å². The van der Waals surface area contributed by atoms with Gasteiger partial charge in [-0.2, -0.15) is 0 Å². The molecule has 1 saturated carbocycles. The van der Waals surface area contributed by atoms with Crippen molar-refractivity contribution in [2.24, 2.45) is 0 Å². The molecule has 0 spiro atoms. The first kappa shape index (κ1) is 24.5. The third-order valence-electron chi connectivity index (χ3n) is 6.01. The molecule has 158 valence electrons. The summed E-state index contributed by atoms with van der Waals surface area (Å²) < 4.78 is 0. The molecule has 2 heterocycles. The molecule has 1 fully saturated rings. The van der Waals surface area contributed by atoms with E-state index >= 15 is 0 Å². The van der Waals surface area contributed by atoms with Gasteiger partial charge in [0.15, 0.2) is 5.13 Å². The molecule has 1 aromatic carbocycles. The topological polar surface area (TPSA) is 56.3 Å². The summed E-state index contributed by atoms with van der Waals surface area (Å²) in [7, 11) is 0. The van der Waals surface area contributed by atoms with Crippen molar-refractivity contribution in [2.45, 2.75) is 57.4 Å². The van der Waals surface area contributed by atoms with E-state index in [1.54, 1.807) is 22.7 Å². The second-order valence-electron chi connectivity index (χ2n) is 8.08. The molecule has 0 saturated heterocycles. The average Bonchev–Trinajstić information content (AvgIpc) is 3.41. The summed E-state index contributed by atoms with van der Waals surface area (Å²) in [5.41, 5.74) is 2.44. The molecule has 0 radical (unpaired) electrons. The first-order chi connectivity index (χ1) is 14.6. The molecule has 31 heavy (non-hydrogen) atoms. The van der Waals surface area contributed by atoms with E-state index in [0.717, 1.165) is 23.7 Å². The van der Waals surface area contributed by atoms with E-state index in [9.17, 15) is 9.90 Å². The van der Waals surface area contributed by atoms with Crippen molar-refractivity contribution in [1.82, 2.24) is 4.98 Å². The first-order valence-corrected chi connectivity index (χ1v) is 12.3. The normalized spacial score (nSPS) is 15.3. The fourth-order valence-electron chi connectivity index (χ4n) is 4.46. The molecule has 4 rings (SSSR count). The Labute approximate surface area is 214 Å². The van der Waals surface area contributed by atoms with Crippen LogP contribution < -0.4 is 39.6 Å². The molecule has 2 aromatic heterocycles. The van der Waals surface area contributed by atoms with Gasteiger partial charge in [0.1, 0.15) is 0 Å². The maximum atomic E-state index is 11.1. The maximum absolute atomic E-state index is 11.1. The summed E-state index contributed by atoms with van der Waals surface area (Å²) in [6, 6.07) is 15.0. The number of rotatable bonds is 8. The van der Waals surface area contributed by atoms with Crippen LogP contribution in [0, 0.1) is 6.92 Å². The molecule has 1 aliphatic rings. The fourth-order valence-corrected chi connectivity index (χ4v) is 6.32. The molecule has 0 bridgehead atoms. The minimum absolute atomic E-state index is 0. The Balaban J connectivity index is 0.00000272. The minimum Gasteiger partial charge on any atom is -0.550 e. The molecule has 0 amide bonds. The summed E-state index contributed by atoms with van der Waals surface area (Å²) in [4.78, 5) is 20.8. The van der Waals surface area contributed by atoms with Crippen LogP contribution >= 0.6 is 22.7 Å². The van der Waals surface area contributed by atoms with Crippen LogP contribution in [0.2, 0.25) is 0 Å². The minimum atomic E-state index is -1.02. The van der Waals surface area contributed by atoms with E-state index in [4.69, 9.17) is 4.98 Å². The molecule has 3 aromatic rings. The number of aryl methyl sites for hydroxylation is 1. The van der Waals surface area contributed by atoms with Crippen LogP contribution in [0.5, 0.6) is 0 Å². The number of hydrogen-bond donors (Lipinski definition) is 0. The van der Waals surface area contributed by atoms with Crippen LogP contribution in [0.15, 0.2) is 47.8 Å². The number of benzene rings is 1. The second kappa shape index (κ2) is 11.1. The SMILES string of the molecule is Cc1ccc(CN(CCC(=O)[O-])c2nc(C3(c4ccccc4)CCCCC3)cs2)s1.[Na+]. The molecular formula is C24H27N2NaO2S2. The van der Waals surface area contributed by atoms with E-state index < -0.39 is 5.97 Å². The van der Waals surface area contributed by atoms with Gasteiger partial charge in [-0.15, -0.1) is 22.7 Å². The summed E-state index contributed by atoms with van der Waals surface area (Å²) >= 11 is 3.38. The van der Waals surface area contributed by atoms with Crippen molar-refractivity contribution in [1.29, 1.82) is 0 Å². The fraction of sp³-hybridized carbons (Fsp3) is 0.417. The predicted molar refractivity (Wildman–Crippen MR) is 122 cm³/mol. The number of thiophene rings is 1. The summed E-state index contributed by atoms with van der Waals surface area (Å²) in [5.74, 6) is -1.02. The van der Waals surface area contributed by atoms with Gasteiger partial charge in [-0.25, -0.2) is 4.98 Å². The molecule has 0 N–H and O–H groups in total. The van der Waals surface area contributed by atoms with Crippen molar-refractivity contribution in [3.63, 3.8) is 0 Å². The number of aromatic nitrogens is 1. The van der Waals surface area contributed by atoms with Gasteiger partial charge in [0.2, 0.25) is 0 Å². The summed E-state index contributed by atoms with van der Waals surface area (Å²) in [5, 5.41) is 14.2. The van der Waals surface area contributed by atoms with Gasteiger partial charge in [-0.1, -0.05) is 49.6 Å². The zero-order chi connectivity index (χ0) is 21.0. The van der Waals surface area contributed by atoms with E-state index in [0.29, 0.717) is 13.1 Å². The average molecular weight is 463 g/mol. The van der Waals surface area contributed by atoms with Crippen LogP contribution in [0.3, 0.4) is 0 Å². The van der Waals surface area contributed by atoms with Crippen molar-refractivity contribution in [3.8, 4) is 0 Å². The van der Waals surface area contributed by atoms with E-state index in [1.165, 1.54) is 34.6 Å². The van der Waals surface area contributed by atoms with Crippen LogP contribution in [-0.4, -0.2) is 17.5 Å². The Morgan fingerprint density at radius 2 is 1.87 bits per heavy atom. The molecule has 0 atom stereocenters. The van der Waals surface area contributed by atoms with Gasteiger partial charge in [0.25, 0.3) is 0 Å². The number of hydrogen-bond acceptors (Lipinski definition) is 6.